The van der Waals surface area contributed by atoms with Crippen LogP contribution in [0.1, 0.15) is 19.4 Å². The van der Waals surface area contributed by atoms with E-state index in [1.165, 1.54) is 0 Å². The lowest BCUT2D eigenvalue weighted by molar-refractivity contribution is -0.137. The number of halogens is 3. The van der Waals surface area contributed by atoms with Crippen molar-refractivity contribution in [1.82, 2.24) is 4.90 Å². The highest BCUT2D eigenvalue weighted by Gasteiger charge is 2.32. The summed E-state index contributed by atoms with van der Waals surface area (Å²) in [7, 11) is 0. The average Bonchev–Trinajstić information content (AvgIpc) is 2.36. The molecule has 7 heteroatoms. The van der Waals surface area contributed by atoms with E-state index in [1.807, 2.05) is 13.8 Å². The van der Waals surface area contributed by atoms with Gasteiger partial charge in [0.15, 0.2) is 6.61 Å². The Hall–Kier alpha value is -1.92. The Morgan fingerprint density at radius 2 is 1.90 bits per heavy atom. The molecule has 0 unspecified atom stereocenters. The number of carbonyl (C=O) groups excluding carboxylic acids is 1. The van der Waals surface area contributed by atoms with Crippen LogP contribution in [0.15, 0.2) is 18.2 Å². The summed E-state index contributed by atoms with van der Waals surface area (Å²) in [4.78, 5) is 13.2. The Labute approximate surface area is 115 Å². The SMILES string of the molecule is CCN(CC)C(=O)COc1ccc(C(F)(F)F)c(N)c1. The van der Waals surface area contributed by atoms with Crippen molar-refractivity contribution >= 4 is 11.6 Å². The molecular weight excluding hydrogens is 273 g/mol. The lowest BCUT2D eigenvalue weighted by Crippen LogP contribution is -2.34. The van der Waals surface area contributed by atoms with Crippen LogP contribution in [-0.2, 0) is 11.0 Å². The van der Waals surface area contributed by atoms with Crippen LogP contribution in [0.25, 0.3) is 0 Å². The molecule has 4 nitrogen and oxygen atoms in total. The molecule has 0 atom stereocenters. The number of alkyl halides is 3. The van der Waals surface area contributed by atoms with E-state index in [2.05, 4.69) is 0 Å². The summed E-state index contributed by atoms with van der Waals surface area (Å²) < 4.78 is 42.7. The maximum atomic E-state index is 12.5. The number of hydrogen-bond donors (Lipinski definition) is 1. The summed E-state index contributed by atoms with van der Waals surface area (Å²) in [6.45, 7) is 4.53. The monoisotopic (exact) mass is 290 g/mol. The molecule has 0 saturated heterocycles. The normalized spacial score (nSPS) is 11.2. The molecule has 112 valence electrons. The third-order valence-electron chi connectivity index (χ3n) is 2.81. The van der Waals surface area contributed by atoms with Crippen molar-refractivity contribution in [3.8, 4) is 5.75 Å². The fourth-order valence-corrected chi connectivity index (χ4v) is 1.70. The van der Waals surface area contributed by atoms with Gasteiger partial charge in [-0.3, -0.25) is 4.79 Å². The number of nitrogens with two attached hydrogens (primary N) is 1. The van der Waals surface area contributed by atoms with Gasteiger partial charge in [-0.05, 0) is 26.0 Å². The molecule has 2 N–H and O–H groups in total. The van der Waals surface area contributed by atoms with Gasteiger partial charge in [-0.2, -0.15) is 13.2 Å². The molecule has 0 spiro atoms. The highest BCUT2D eigenvalue weighted by Crippen LogP contribution is 2.35. The fraction of sp³-hybridized carbons (Fsp3) is 0.462. The maximum absolute atomic E-state index is 12.5. The molecule has 20 heavy (non-hydrogen) atoms. The van der Waals surface area contributed by atoms with Crippen LogP contribution in [0.3, 0.4) is 0 Å². The summed E-state index contributed by atoms with van der Waals surface area (Å²) in [6.07, 6.45) is -4.50. The predicted molar refractivity (Wildman–Crippen MR) is 69.3 cm³/mol. The molecule has 0 aliphatic rings. The lowest BCUT2D eigenvalue weighted by atomic mass is 10.1. The number of carbonyl (C=O) groups is 1. The number of anilines is 1. The van der Waals surface area contributed by atoms with Crippen molar-refractivity contribution in [2.24, 2.45) is 0 Å². The second-order valence-electron chi connectivity index (χ2n) is 4.10. The van der Waals surface area contributed by atoms with E-state index in [0.717, 1.165) is 18.2 Å². The number of nitrogens with zero attached hydrogens (tertiary/aromatic N) is 1. The summed E-state index contributed by atoms with van der Waals surface area (Å²) in [6, 6.07) is 3.06. The van der Waals surface area contributed by atoms with Crippen molar-refractivity contribution in [3.05, 3.63) is 23.8 Å². The van der Waals surface area contributed by atoms with E-state index >= 15 is 0 Å². The largest absolute Gasteiger partial charge is 0.484 e. The molecule has 1 rings (SSSR count). The van der Waals surface area contributed by atoms with Crippen molar-refractivity contribution in [2.45, 2.75) is 20.0 Å². The van der Waals surface area contributed by atoms with Gasteiger partial charge < -0.3 is 15.4 Å². The molecule has 0 heterocycles. The number of likely N-dealkylation sites (N-methyl/N-ethyl adjacent to an activating group) is 1. The third-order valence-corrected chi connectivity index (χ3v) is 2.81. The van der Waals surface area contributed by atoms with Gasteiger partial charge in [0.1, 0.15) is 5.75 Å². The zero-order chi connectivity index (χ0) is 15.3. The molecular formula is C13H17F3N2O2. The van der Waals surface area contributed by atoms with E-state index in [1.54, 1.807) is 4.90 Å². The number of hydrogen-bond acceptors (Lipinski definition) is 3. The van der Waals surface area contributed by atoms with Crippen molar-refractivity contribution < 1.29 is 22.7 Å². The van der Waals surface area contributed by atoms with Crippen LogP contribution in [0, 0.1) is 0 Å². The molecule has 1 amide bonds. The van der Waals surface area contributed by atoms with Crippen LogP contribution in [-0.4, -0.2) is 30.5 Å². The molecule has 0 aliphatic heterocycles. The average molecular weight is 290 g/mol. The van der Waals surface area contributed by atoms with Gasteiger partial charge in [0.05, 0.1) is 5.56 Å². The molecule has 1 aromatic rings. The quantitative estimate of drug-likeness (QED) is 0.848. The topological polar surface area (TPSA) is 55.6 Å². The first-order valence-electron chi connectivity index (χ1n) is 6.16. The van der Waals surface area contributed by atoms with Gasteiger partial charge in [-0.15, -0.1) is 0 Å². The minimum absolute atomic E-state index is 0.135. The Bertz CT molecular complexity index is 471. The predicted octanol–water partition coefficient (Wildman–Crippen LogP) is 2.53. The van der Waals surface area contributed by atoms with Gasteiger partial charge in [-0.1, -0.05) is 0 Å². The Morgan fingerprint density at radius 3 is 2.35 bits per heavy atom. The van der Waals surface area contributed by atoms with E-state index in [-0.39, 0.29) is 18.3 Å². The first-order valence-corrected chi connectivity index (χ1v) is 6.16. The number of ether oxygens (including phenoxy) is 1. The summed E-state index contributed by atoms with van der Waals surface area (Å²) in [5, 5.41) is 0. The maximum Gasteiger partial charge on any atom is 0.418 e. The summed E-state index contributed by atoms with van der Waals surface area (Å²) >= 11 is 0. The molecule has 0 fully saturated rings. The highest BCUT2D eigenvalue weighted by atomic mass is 19.4. The highest BCUT2D eigenvalue weighted by molar-refractivity contribution is 5.77. The second-order valence-corrected chi connectivity index (χ2v) is 4.10. The van der Waals surface area contributed by atoms with Crippen molar-refractivity contribution in [3.63, 3.8) is 0 Å². The van der Waals surface area contributed by atoms with E-state index in [4.69, 9.17) is 10.5 Å². The van der Waals surface area contributed by atoms with Gasteiger partial charge in [-0.25, -0.2) is 0 Å². The number of amides is 1. The van der Waals surface area contributed by atoms with Gasteiger partial charge in [0, 0.05) is 24.8 Å². The van der Waals surface area contributed by atoms with Crippen molar-refractivity contribution in [1.29, 1.82) is 0 Å². The number of rotatable bonds is 5. The number of nitrogen functional groups attached to an aromatic ring is 1. The minimum atomic E-state index is -4.50. The minimum Gasteiger partial charge on any atom is -0.484 e. The Morgan fingerprint density at radius 1 is 1.30 bits per heavy atom. The number of benzene rings is 1. The first kappa shape index (κ1) is 16.1. The van der Waals surface area contributed by atoms with Gasteiger partial charge >= 0.3 is 6.18 Å². The van der Waals surface area contributed by atoms with Crippen LogP contribution >= 0.6 is 0 Å². The zero-order valence-electron chi connectivity index (χ0n) is 11.3. The van der Waals surface area contributed by atoms with Crippen LogP contribution in [0.4, 0.5) is 18.9 Å². The van der Waals surface area contributed by atoms with E-state index in [0.29, 0.717) is 13.1 Å². The molecule has 0 aromatic heterocycles. The smallest absolute Gasteiger partial charge is 0.418 e. The van der Waals surface area contributed by atoms with Crippen LogP contribution < -0.4 is 10.5 Å². The molecule has 0 saturated carbocycles. The fourth-order valence-electron chi connectivity index (χ4n) is 1.70. The second kappa shape index (κ2) is 6.49. The zero-order valence-corrected chi connectivity index (χ0v) is 11.3. The van der Waals surface area contributed by atoms with Crippen LogP contribution in [0.5, 0.6) is 5.75 Å². The molecule has 0 radical (unpaired) electrons. The van der Waals surface area contributed by atoms with Gasteiger partial charge in [0.2, 0.25) is 0 Å². The third kappa shape index (κ3) is 4.04. The Balaban J connectivity index is 2.71. The van der Waals surface area contributed by atoms with E-state index in [9.17, 15) is 18.0 Å². The van der Waals surface area contributed by atoms with Gasteiger partial charge in [0.25, 0.3) is 5.91 Å². The molecule has 0 bridgehead atoms. The summed E-state index contributed by atoms with van der Waals surface area (Å²) in [5.41, 5.74) is 3.99. The lowest BCUT2D eigenvalue weighted by Gasteiger charge is -2.19. The van der Waals surface area contributed by atoms with Crippen LogP contribution in [0.2, 0.25) is 0 Å². The Kier molecular flexibility index (Phi) is 5.24. The standard InChI is InChI=1S/C13H17F3N2O2/c1-3-18(4-2)12(19)8-20-9-5-6-10(11(17)7-9)13(14,15)16/h5-7H,3-4,8,17H2,1-2H3. The summed E-state index contributed by atoms with van der Waals surface area (Å²) in [5.74, 6) is -0.0931. The molecule has 0 aliphatic carbocycles. The van der Waals surface area contributed by atoms with Crippen molar-refractivity contribution in [2.75, 3.05) is 25.4 Å². The molecule has 1 aromatic carbocycles. The first-order chi connectivity index (χ1) is 9.29. The van der Waals surface area contributed by atoms with E-state index < -0.39 is 17.4 Å².